The lowest BCUT2D eigenvalue weighted by Gasteiger charge is -2.07. The van der Waals surface area contributed by atoms with Crippen LogP contribution >= 0.6 is 0 Å². The van der Waals surface area contributed by atoms with Crippen LogP contribution in [-0.2, 0) is 26.1 Å². The van der Waals surface area contributed by atoms with E-state index in [1.54, 1.807) is 0 Å². The van der Waals surface area contributed by atoms with E-state index >= 15 is 0 Å². The van der Waals surface area contributed by atoms with E-state index in [9.17, 15) is 0 Å². The average molecular weight is 243 g/mol. The molecule has 0 spiro atoms. The summed E-state index contributed by atoms with van der Waals surface area (Å²) in [5, 5.41) is 3.46. The van der Waals surface area contributed by atoms with Gasteiger partial charge in [-0.25, -0.2) is 4.98 Å². The fourth-order valence-corrected chi connectivity index (χ4v) is 2.01. The zero-order chi connectivity index (χ0) is 12.8. The van der Waals surface area contributed by atoms with E-state index in [-0.39, 0.29) is 0 Å². The molecule has 0 radical (unpaired) electrons. The number of imidazole rings is 1. The predicted molar refractivity (Wildman–Crippen MR) is 74.3 cm³/mol. The number of benzene rings is 1. The Labute approximate surface area is 109 Å². The normalized spacial score (nSPS) is 10.8. The summed E-state index contributed by atoms with van der Waals surface area (Å²) in [5.74, 6) is 0. The highest BCUT2D eigenvalue weighted by Crippen LogP contribution is 2.05. The summed E-state index contributed by atoms with van der Waals surface area (Å²) in [6.07, 6.45) is 4.91. The van der Waals surface area contributed by atoms with Gasteiger partial charge >= 0.3 is 0 Å². The van der Waals surface area contributed by atoms with Crippen molar-refractivity contribution in [2.75, 3.05) is 0 Å². The molecule has 2 rings (SSSR count). The van der Waals surface area contributed by atoms with Crippen LogP contribution in [0.25, 0.3) is 0 Å². The van der Waals surface area contributed by atoms with Gasteiger partial charge in [-0.05, 0) is 24.5 Å². The Morgan fingerprint density at radius 3 is 2.44 bits per heavy atom. The number of hydrogen-bond donors (Lipinski definition) is 1. The van der Waals surface area contributed by atoms with Crippen LogP contribution in [0.5, 0.6) is 0 Å². The van der Waals surface area contributed by atoms with Crippen LogP contribution in [-0.4, -0.2) is 9.55 Å². The molecule has 0 unspecified atom stereocenters. The molecular weight excluding hydrogens is 222 g/mol. The summed E-state index contributed by atoms with van der Waals surface area (Å²) in [6.45, 7) is 7.05. The first kappa shape index (κ1) is 12.8. The van der Waals surface area contributed by atoms with Crippen molar-refractivity contribution < 1.29 is 0 Å². The highest BCUT2D eigenvalue weighted by molar-refractivity contribution is 5.22. The van der Waals surface area contributed by atoms with E-state index in [0.717, 1.165) is 26.1 Å². The maximum Gasteiger partial charge on any atom is 0.0948 e. The van der Waals surface area contributed by atoms with Gasteiger partial charge in [-0.15, -0.1) is 0 Å². The van der Waals surface area contributed by atoms with E-state index in [0.29, 0.717) is 0 Å². The Kier molecular flexibility index (Phi) is 4.53. The lowest BCUT2D eigenvalue weighted by molar-refractivity contribution is 0.628. The summed E-state index contributed by atoms with van der Waals surface area (Å²) >= 11 is 0. The lowest BCUT2D eigenvalue weighted by Crippen LogP contribution is -2.15. The molecule has 1 aromatic carbocycles. The van der Waals surface area contributed by atoms with E-state index in [1.807, 2.05) is 12.5 Å². The predicted octanol–water partition coefficient (Wildman–Crippen LogP) is 2.76. The zero-order valence-corrected chi connectivity index (χ0v) is 11.2. The molecule has 1 heterocycles. The third-order valence-corrected chi connectivity index (χ3v) is 3.21. The van der Waals surface area contributed by atoms with Crippen LogP contribution in [0, 0.1) is 0 Å². The fourth-order valence-electron chi connectivity index (χ4n) is 2.01. The second kappa shape index (κ2) is 6.36. The third kappa shape index (κ3) is 3.20. The summed E-state index contributed by atoms with van der Waals surface area (Å²) in [5.41, 5.74) is 3.96. The molecule has 2 aromatic rings. The Hall–Kier alpha value is -1.61. The first-order valence-corrected chi connectivity index (χ1v) is 6.61. The molecule has 0 aliphatic heterocycles. The molecule has 0 atom stereocenters. The van der Waals surface area contributed by atoms with Gasteiger partial charge in [0.25, 0.3) is 0 Å². The summed E-state index contributed by atoms with van der Waals surface area (Å²) < 4.78 is 2.16. The third-order valence-electron chi connectivity index (χ3n) is 3.21. The Morgan fingerprint density at radius 1 is 1.06 bits per heavy atom. The Morgan fingerprint density at radius 2 is 1.78 bits per heavy atom. The molecule has 1 aromatic heterocycles. The molecule has 96 valence electrons. The Balaban J connectivity index is 1.84. The minimum absolute atomic E-state index is 0.864. The smallest absolute Gasteiger partial charge is 0.0948 e. The van der Waals surface area contributed by atoms with Gasteiger partial charge in [-0.2, -0.15) is 0 Å². The number of hydrogen-bond acceptors (Lipinski definition) is 2. The average Bonchev–Trinajstić information content (AvgIpc) is 2.87. The van der Waals surface area contributed by atoms with Crippen LogP contribution in [0.3, 0.4) is 0 Å². The van der Waals surface area contributed by atoms with E-state index in [4.69, 9.17) is 0 Å². The highest BCUT2D eigenvalue weighted by Gasteiger charge is 1.99. The fraction of sp³-hybridized carbons (Fsp3) is 0.400. The van der Waals surface area contributed by atoms with Gasteiger partial charge in [-0.3, -0.25) is 0 Å². The van der Waals surface area contributed by atoms with E-state index in [2.05, 4.69) is 53.0 Å². The van der Waals surface area contributed by atoms with E-state index in [1.165, 1.54) is 16.8 Å². The number of nitrogens with one attached hydrogen (secondary N) is 1. The van der Waals surface area contributed by atoms with Crippen molar-refractivity contribution in [3.05, 3.63) is 53.6 Å². The summed E-state index contributed by atoms with van der Waals surface area (Å²) in [4.78, 5) is 4.16. The number of nitrogens with zero attached hydrogens (tertiary/aromatic N) is 2. The maximum absolute atomic E-state index is 4.16. The Bertz CT molecular complexity index is 471. The molecule has 0 aliphatic rings. The SMILES string of the molecule is CCc1ccc(CNCc2cncn2CC)cc1. The van der Waals surface area contributed by atoms with Crippen LogP contribution in [0.1, 0.15) is 30.7 Å². The molecule has 0 aliphatic carbocycles. The van der Waals surface area contributed by atoms with Crippen LogP contribution in [0.15, 0.2) is 36.8 Å². The highest BCUT2D eigenvalue weighted by atomic mass is 15.1. The lowest BCUT2D eigenvalue weighted by atomic mass is 10.1. The first-order chi connectivity index (χ1) is 8.83. The number of aromatic nitrogens is 2. The number of rotatable bonds is 6. The minimum atomic E-state index is 0.864. The first-order valence-electron chi connectivity index (χ1n) is 6.61. The largest absolute Gasteiger partial charge is 0.334 e. The molecular formula is C15H21N3. The molecule has 0 saturated heterocycles. The van der Waals surface area contributed by atoms with Gasteiger partial charge in [0, 0.05) is 25.8 Å². The van der Waals surface area contributed by atoms with Crippen molar-refractivity contribution in [2.24, 2.45) is 0 Å². The minimum Gasteiger partial charge on any atom is -0.334 e. The van der Waals surface area contributed by atoms with Crippen LogP contribution < -0.4 is 5.32 Å². The van der Waals surface area contributed by atoms with Crippen molar-refractivity contribution >= 4 is 0 Å². The van der Waals surface area contributed by atoms with Crippen LogP contribution in [0.2, 0.25) is 0 Å². The molecule has 3 nitrogen and oxygen atoms in total. The van der Waals surface area contributed by atoms with Gasteiger partial charge in [-0.1, -0.05) is 31.2 Å². The molecule has 3 heteroatoms. The van der Waals surface area contributed by atoms with Crippen molar-refractivity contribution in [3.63, 3.8) is 0 Å². The van der Waals surface area contributed by atoms with Gasteiger partial charge in [0.05, 0.1) is 12.0 Å². The van der Waals surface area contributed by atoms with Gasteiger partial charge < -0.3 is 9.88 Å². The standard InChI is InChI=1S/C15H21N3/c1-3-13-5-7-14(8-6-13)9-16-10-15-11-17-12-18(15)4-2/h5-8,11-12,16H,3-4,9-10H2,1-2H3. The molecule has 0 fully saturated rings. The zero-order valence-electron chi connectivity index (χ0n) is 11.2. The molecule has 18 heavy (non-hydrogen) atoms. The summed E-state index contributed by atoms with van der Waals surface area (Å²) in [7, 11) is 0. The number of aryl methyl sites for hydroxylation is 2. The van der Waals surface area contributed by atoms with E-state index < -0.39 is 0 Å². The second-order valence-corrected chi connectivity index (χ2v) is 4.44. The van der Waals surface area contributed by atoms with Gasteiger partial charge in [0.2, 0.25) is 0 Å². The second-order valence-electron chi connectivity index (χ2n) is 4.44. The molecule has 0 bridgehead atoms. The van der Waals surface area contributed by atoms with Gasteiger partial charge in [0.15, 0.2) is 0 Å². The van der Waals surface area contributed by atoms with Crippen LogP contribution in [0.4, 0.5) is 0 Å². The maximum atomic E-state index is 4.16. The summed E-state index contributed by atoms with van der Waals surface area (Å²) in [6, 6.07) is 8.80. The van der Waals surface area contributed by atoms with Crippen molar-refractivity contribution in [2.45, 2.75) is 39.9 Å². The molecule has 1 N–H and O–H groups in total. The monoisotopic (exact) mass is 243 g/mol. The van der Waals surface area contributed by atoms with Crippen molar-refractivity contribution in [3.8, 4) is 0 Å². The van der Waals surface area contributed by atoms with Crippen molar-refractivity contribution in [1.82, 2.24) is 14.9 Å². The topological polar surface area (TPSA) is 29.9 Å². The quantitative estimate of drug-likeness (QED) is 0.845. The molecule has 0 saturated carbocycles. The molecule has 0 amide bonds. The van der Waals surface area contributed by atoms with Crippen molar-refractivity contribution in [1.29, 1.82) is 0 Å². The van der Waals surface area contributed by atoms with Gasteiger partial charge in [0.1, 0.15) is 0 Å².